The Hall–Kier alpha value is -1.15. The molecule has 0 radical (unpaired) electrons. The first-order chi connectivity index (χ1) is 5.84. The molecule has 0 aliphatic rings. The summed E-state index contributed by atoms with van der Waals surface area (Å²) < 4.78 is 0. The van der Waals surface area contributed by atoms with Crippen molar-refractivity contribution in [1.82, 2.24) is 4.98 Å². The number of nitrogens with two attached hydrogens (primary N) is 1. The summed E-state index contributed by atoms with van der Waals surface area (Å²) in [6, 6.07) is 2.00. The van der Waals surface area contributed by atoms with Gasteiger partial charge < -0.3 is 5.73 Å². The minimum Gasteiger partial charge on any atom is -0.330 e. The summed E-state index contributed by atoms with van der Waals surface area (Å²) in [5.41, 5.74) is 7.79. The van der Waals surface area contributed by atoms with Gasteiger partial charge in [-0.15, -0.1) is 0 Å². The van der Waals surface area contributed by atoms with Gasteiger partial charge in [-0.1, -0.05) is 12.2 Å². The topological polar surface area (TPSA) is 38.9 Å². The van der Waals surface area contributed by atoms with E-state index in [4.69, 9.17) is 5.73 Å². The van der Waals surface area contributed by atoms with Crippen molar-refractivity contribution in [3.8, 4) is 0 Å². The molecule has 2 N–H and O–H groups in total. The molecule has 0 fully saturated rings. The van der Waals surface area contributed by atoms with Crippen molar-refractivity contribution in [2.75, 3.05) is 6.54 Å². The summed E-state index contributed by atoms with van der Waals surface area (Å²) in [7, 11) is 0. The number of hydrogen-bond donors (Lipinski definition) is 1. The van der Waals surface area contributed by atoms with Gasteiger partial charge in [-0.2, -0.15) is 0 Å². The molecule has 0 spiro atoms. The molecular weight excluding hydrogens is 148 g/mol. The lowest BCUT2D eigenvalue weighted by atomic mass is 10.1. The summed E-state index contributed by atoms with van der Waals surface area (Å²) in [4.78, 5) is 4.01. The maximum atomic E-state index is 5.37. The van der Waals surface area contributed by atoms with Crippen LogP contribution in [0.1, 0.15) is 17.5 Å². The van der Waals surface area contributed by atoms with Crippen molar-refractivity contribution in [3.63, 3.8) is 0 Å². The van der Waals surface area contributed by atoms with Gasteiger partial charge >= 0.3 is 0 Å². The minimum absolute atomic E-state index is 0.709. The van der Waals surface area contributed by atoms with Gasteiger partial charge in [0.1, 0.15) is 0 Å². The van der Waals surface area contributed by atoms with E-state index in [0.717, 1.165) is 6.42 Å². The SMILES string of the molecule is Cc1cnccc1C=CCCN. The fourth-order valence-electron chi connectivity index (χ4n) is 0.978. The molecule has 64 valence electrons. The van der Waals surface area contributed by atoms with Crippen LogP contribution in [0.15, 0.2) is 24.5 Å². The highest BCUT2D eigenvalue weighted by molar-refractivity contribution is 5.52. The summed E-state index contributed by atoms with van der Waals surface area (Å²) in [5, 5.41) is 0. The summed E-state index contributed by atoms with van der Waals surface area (Å²) in [5.74, 6) is 0. The Balaban J connectivity index is 2.68. The van der Waals surface area contributed by atoms with E-state index in [1.807, 2.05) is 12.3 Å². The van der Waals surface area contributed by atoms with Crippen LogP contribution >= 0.6 is 0 Å². The molecule has 0 unspecified atom stereocenters. The van der Waals surface area contributed by atoms with E-state index in [9.17, 15) is 0 Å². The van der Waals surface area contributed by atoms with Crippen molar-refractivity contribution in [1.29, 1.82) is 0 Å². The molecule has 0 bridgehead atoms. The molecule has 2 heteroatoms. The monoisotopic (exact) mass is 162 g/mol. The van der Waals surface area contributed by atoms with E-state index >= 15 is 0 Å². The Morgan fingerprint density at radius 3 is 3.08 bits per heavy atom. The van der Waals surface area contributed by atoms with E-state index in [0.29, 0.717) is 6.54 Å². The normalized spacial score (nSPS) is 10.8. The first kappa shape index (κ1) is 8.94. The maximum absolute atomic E-state index is 5.37. The second-order valence-corrected chi connectivity index (χ2v) is 2.71. The molecule has 1 heterocycles. The van der Waals surface area contributed by atoms with E-state index < -0.39 is 0 Å². The van der Waals surface area contributed by atoms with Crippen LogP contribution in [-0.2, 0) is 0 Å². The summed E-state index contributed by atoms with van der Waals surface area (Å²) >= 11 is 0. The van der Waals surface area contributed by atoms with Gasteiger partial charge in [-0.05, 0) is 37.1 Å². The van der Waals surface area contributed by atoms with Crippen molar-refractivity contribution in [2.45, 2.75) is 13.3 Å². The predicted molar refractivity (Wildman–Crippen MR) is 51.7 cm³/mol. The number of aromatic nitrogens is 1. The lowest BCUT2D eigenvalue weighted by Gasteiger charge is -1.96. The van der Waals surface area contributed by atoms with Crippen LogP contribution in [0.25, 0.3) is 6.08 Å². The highest BCUT2D eigenvalue weighted by Gasteiger charge is 1.90. The largest absolute Gasteiger partial charge is 0.330 e. The van der Waals surface area contributed by atoms with E-state index in [-0.39, 0.29) is 0 Å². The predicted octanol–water partition coefficient (Wildman–Crippen LogP) is 1.75. The molecule has 1 aromatic heterocycles. The average Bonchev–Trinajstić information content (AvgIpc) is 2.09. The average molecular weight is 162 g/mol. The van der Waals surface area contributed by atoms with Gasteiger partial charge in [-0.25, -0.2) is 0 Å². The lowest BCUT2D eigenvalue weighted by Crippen LogP contribution is -1.95. The van der Waals surface area contributed by atoms with Gasteiger partial charge in [0, 0.05) is 12.4 Å². The van der Waals surface area contributed by atoms with Gasteiger partial charge in [-0.3, -0.25) is 4.98 Å². The molecule has 0 amide bonds. The third kappa shape index (κ3) is 2.47. The lowest BCUT2D eigenvalue weighted by molar-refractivity contribution is 1.01. The Bertz CT molecular complexity index is 266. The molecule has 0 saturated heterocycles. The molecule has 12 heavy (non-hydrogen) atoms. The van der Waals surface area contributed by atoms with Crippen molar-refractivity contribution in [2.24, 2.45) is 5.73 Å². The third-order valence-electron chi connectivity index (χ3n) is 1.69. The number of hydrogen-bond acceptors (Lipinski definition) is 2. The van der Waals surface area contributed by atoms with Gasteiger partial charge in [0.15, 0.2) is 0 Å². The van der Waals surface area contributed by atoms with Crippen molar-refractivity contribution in [3.05, 3.63) is 35.7 Å². The fourth-order valence-corrected chi connectivity index (χ4v) is 0.978. The molecule has 0 aliphatic heterocycles. The Morgan fingerprint density at radius 2 is 2.42 bits per heavy atom. The second-order valence-electron chi connectivity index (χ2n) is 2.71. The fraction of sp³-hybridized carbons (Fsp3) is 0.300. The zero-order valence-electron chi connectivity index (χ0n) is 7.33. The van der Waals surface area contributed by atoms with E-state index in [1.54, 1.807) is 6.20 Å². The van der Waals surface area contributed by atoms with Crippen LogP contribution in [0.2, 0.25) is 0 Å². The van der Waals surface area contributed by atoms with Crippen LogP contribution in [-0.4, -0.2) is 11.5 Å². The van der Waals surface area contributed by atoms with Crippen LogP contribution in [0, 0.1) is 6.92 Å². The Labute approximate surface area is 73.1 Å². The van der Waals surface area contributed by atoms with Crippen LogP contribution in [0.3, 0.4) is 0 Å². The first-order valence-electron chi connectivity index (χ1n) is 4.12. The highest BCUT2D eigenvalue weighted by Crippen LogP contribution is 2.06. The number of pyridine rings is 1. The standard InChI is InChI=1S/C10H14N2/c1-9-8-12-7-5-10(9)4-2-3-6-11/h2,4-5,7-8H,3,6,11H2,1H3. The molecule has 1 aromatic rings. The van der Waals surface area contributed by atoms with Gasteiger partial charge in [0.2, 0.25) is 0 Å². The van der Waals surface area contributed by atoms with Crippen molar-refractivity contribution < 1.29 is 0 Å². The van der Waals surface area contributed by atoms with Gasteiger partial charge in [0.05, 0.1) is 0 Å². The minimum atomic E-state index is 0.709. The highest BCUT2D eigenvalue weighted by atomic mass is 14.6. The Morgan fingerprint density at radius 1 is 1.58 bits per heavy atom. The molecule has 0 atom stereocenters. The smallest absolute Gasteiger partial charge is 0.0303 e. The number of aryl methyl sites for hydroxylation is 1. The van der Waals surface area contributed by atoms with Gasteiger partial charge in [0.25, 0.3) is 0 Å². The summed E-state index contributed by atoms with van der Waals surface area (Å²) in [6.07, 6.45) is 8.77. The van der Waals surface area contributed by atoms with E-state index in [1.165, 1.54) is 11.1 Å². The van der Waals surface area contributed by atoms with Crippen LogP contribution in [0.4, 0.5) is 0 Å². The molecule has 0 aliphatic carbocycles. The Kier molecular flexibility index (Phi) is 3.48. The van der Waals surface area contributed by atoms with Crippen LogP contribution < -0.4 is 5.73 Å². The molecule has 0 aromatic carbocycles. The zero-order valence-corrected chi connectivity index (χ0v) is 7.33. The molecular formula is C10H14N2. The third-order valence-corrected chi connectivity index (χ3v) is 1.69. The molecule has 2 nitrogen and oxygen atoms in total. The van der Waals surface area contributed by atoms with Crippen LogP contribution in [0.5, 0.6) is 0 Å². The maximum Gasteiger partial charge on any atom is 0.0303 e. The quantitative estimate of drug-likeness (QED) is 0.735. The molecule has 1 rings (SSSR count). The zero-order chi connectivity index (χ0) is 8.81. The van der Waals surface area contributed by atoms with Crippen molar-refractivity contribution >= 4 is 6.08 Å². The first-order valence-corrected chi connectivity index (χ1v) is 4.12. The number of nitrogens with zero attached hydrogens (tertiary/aromatic N) is 1. The molecule has 0 saturated carbocycles. The summed E-state index contributed by atoms with van der Waals surface area (Å²) in [6.45, 7) is 2.76. The van der Waals surface area contributed by atoms with E-state index in [2.05, 4.69) is 24.1 Å². The number of rotatable bonds is 3. The second kappa shape index (κ2) is 4.67.